The smallest absolute Gasteiger partial charge is 0.189 e. The summed E-state index contributed by atoms with van der Waals surface area (Å²) in [5, 5.41) is 3.09. The highest BCUT2D eigenvalue weighted by atomic mass is 16.3. The minimum Gasteiger partial charge on any atom is -0.467 e. The number of nitrogens with zero attached hydrogens (tertiary/aromatic N) is 1. The lowest BCUT2D eigenvalue weighted by Crippen LogP contribution is -2.44. The summed E-state index contributed by atoms with van der Waals surface area (Å²) >= 11 is 0. The van der Waals surface area contributed by atoms with Gasteiger partial charge in [-0.2, -0.15) is 0 Å². The summed E-state index contributed by atoms with van der Waals surface area (Å²) in [4.78, 5) is 4.20. The van der Waals surface area contributed by atoms with E-state index in [0.29, 0.717) is 12.5 Å². The van der Waals surface area contributed by atoms with Gasteiger partial charge in [0.2, 0.25) is 0 Å². The minimum absolute atomic E-state index is 0.0637. The Kier molecular flexibility index (Phi) is 3.39. The van der Waals surface area contributed by atoms with Crippen molar-refractivity contribution in [2.24, 2.45) is 10.7 Å². The van der Waals surface area contributed by atoms with E-state index in [1.165, 1.54) is 0 Å². The van der Waals surface area contributed by atoms with Crippen LogP contribution in [0.3, 0.4) is 0 Å². The van der Waals surface area contributed by atoms with Gasteiger partial charge in [0.15, 0.2) is 5.96 Å². The van der Waals surface area contributed by atoms with Gasteiger partial charge in [0.25, 0.3) is 0 Å². The summed E-state index contributed by atoms with van der Waals surface area (Å²) in [5.74, 6) is 1.30. The van der Waals surface area contributed by atoms with Gasteiger partial charge in [-0.3, -0.25) is 0 Å². The van der Waals surface area contributed by atoms with Gasteiger partial charge < -0.3 is 15.5 Å². The standard InChI is InChI=1S/C11H19N3O/c1-8-5-6-15-9(8)7-13-10(12)14-11(2,3)4/h5-6H,7H2,1-4H3,(H3,12,13,14). The number of rotatable bonds is 2. The fourth-order valence-corrected chi connectivity index (χ4v) is 1.15. The molecule has 0 bridgehead atoms. The average Bonchev–Trinajstić information content (AvgIpc) is 2.44. The monoisotopic (exact) mass is 209 g/mol. The van der Waals surface area contributed by atoms with Crippen molar-refractivity contribution in [2.45, 2.75) is 39.8 Å². The number of guanidine groups is 1. The third kappa shape index (κ3) is 4.06. The first kappa shape index (κ1) is 11.6. The van der Waals surface area contributed by atoms with Gasteiger partial charge in [-0.25, -0.2) is 4.99 Å². The molecule has 3 N–H and O–H groups in total. The molecule has 0 aromatic carbocycles. The van der Waals surface area contributed by atoms with Crippen LogP contribution in [0.5, 0.6) is 0 Å². The van der Waals surface area contributed by atoms with E-state index < -0.39 is 0 Å². The highest BCUT2D eigenvalue weighted by molar-refractivity contribution is 5.78. The molecule has 0 spiro atoms. The van der Waals surface area contributed by atoms with Crippen LogP contribution in [-0.4, -0.2) is 11.5 Å². The third-order valence-electron chi connectivity index (χ3n) is 1.86. The van der Waals surface area contributed by atoms with Crippen LogP contribution in [0.4, 0.5) is 0 Å². The lowest BCUT2D eigenvalue weighted by Gasteiger charge is -2.20. The summed E-state index contributed by atoms with van der Waals surface area (Å²) < 4.78 is 5.25. The van der Waals surface area contributed by atoms with Crippen LogP contribution >= 0.6 is 0 Å². The van der Waals surface area contributed by atoms with E-state index in [-0.39, 0.29) is 5.54 Å². The Morgan fingerprint density at radius 1 is 1.53 bits per heavy atom. The highest BCUT2D eigenvalue weighted by Crippen LogP contribution is 2.09. The summed E-state index contributed by atoms with van der Waals surface area (Å²) in [7, 11) is 0. The first-order valence-corrected chi connectivity index (χ1v) is 4.99. The Labute approximate surface area is 90.6 Å². The lowest BCUT2D eigenvalue weighted by molar-refractivity contribution is 0.498. The van der Waals surface area contributed by atoms with E-state index >= 15 is 0 Å². The minimum atomic E-state index is -0.0637. The van der Waals surface area contributed by atoms with Gasteiger partial charge in [0, 0.05) is 5.54 Å². The quantitative estimate of drug-likeness (QED) is 0.576. The van der Waals surface area contributed by atoms with E-state index in [4.69, 9.17) is 10.2 Å². The molecule has 84 valence electrons. The number of aliphatic imine (C=N–C) groups is 1. The van der Waals surface area contributed by atoms with Gasteiger partial charge in [0.1, 0.15) is 12.3 Å². The third-order valence-corrected chi connectivity index (χ3v) is 1.86. The average molecular weight is 209 g/mol. The fourth-order valence-electron chi connectivity index (χ4n) is 1.15. The van der Waals surface area contributed by atoms with Gasteiger partial charge in [-0.1, -0.05) is 0 Å². The zero-order valence-electron chi connectivity index (χ0n) is 9.79. The zero-order valence-corrected chi connectivity index (χ0v) is 9.79. The molecule has 15 heavy (non-hydrogen) atoms. The Morgan fingerprint density at radius 3 is 2.67 bits per heavy atom. The predicted octanol–water partition coefficient (Wildman–Crippen LogP) is 1.79. The molecule has 0 saturated carbocycles. The largest absolute Gasteiger partial charge is 0.467 e. The molecule has 0 unspecified atom stereocenters. The van der Waals surface area contributed by atoms with E-state index in [2.05, 4.69) is 10.3 Å². The van der Waals surface area contributed by atoms with E-state index in [1.54, 1.807) is 6.26 Å². The molecule has 1 aromatic rings. The van der Waals surface area contributed by atoms with Gasteiger partial charge in [-0.15, -0.1) is 0 Å². The topological polar surface area (TPSA) is 63.5 Å². The Hall–Kier alpha value is -1.45. The van der Waals surface area contributed by atoms with Crippen molar-refractivity contribution in [3.8, 4) is 0 Å². The van der Waals surface area contributed by atoms with Crippen molar-refractivity contribution in [1.29, 1.82) is 0 Å². The van der Waals surface area contributed by atoms with E-state index in [0.717, 1.165) is 11.3 Å². The normalized spacial score (nSPS) is 12.9. The molecule has 0 aliphatic heterocycles. The molecule has 0 radical (unpaired) electrons. The summed E-state index contributed by atoms with van der Waals surface area (Å²) in [6, 6.07) is 1.91. The van der Waals surface area contributed by atoms with Crippen molar-refractivity contribution < 1.29 is 4.42 Å². The van der Waals surface area contributed by atoms with E-state index in [9.17, 15) is 0 Å². The van der Waals surface area contributed by atoms with Crippen molar-refractivity contribution in [2.75, 3.05) is 0 Å². The summed E-state index contributed by atoms with van der Waals surface area (Å²) in [5.41, 5.74) is 6.76. The van der Waals surface area contributed by atoms with Gasteiger partial charge >= 0.3 is 0 Å². The molecule has 1 rings (SSSR count). The summed E-state index contributed by atoms with van der Waals surface area (Å²) in [6.07, 6.45) is 1.66. The van der Waals surface area contributed by atoms with Crippen molar-refractivity contribution in [3.63, 3.8) is 0 Å². The molecular formula is C11H19N3O. The maximum absolute atomic E-state index is 5.72. The number of hydrogen-bond acceptors (Lipinski definition) is 2. The van der Waals surface area contributed by atoms with Crippen molar-refractivity contribution in [3.05, 3.63) is 23.7 Å². The first-order valence-electron chi connectivity index (χ1n) is 4.99. The Balaban J connectivity index is 2.55. The number of nitrogens with one attached hydrogen (secondary N) is 1. The van der Waals surface area contributed by atoms with E-state index in [1.807, 2.05) is 33.8 Å². The first-order chi connectivity index (χ1) is 6.88. The molecule has 1 heterocycles. The van der Waals surface area contributed by atoms with Crippen LogP contribution in [0.25, 0.3) is 0 Å². The summed E-state index contributed by atoms with van der Waals surface area (Å²) in [6.45, 7) is 8.57. The predicted molar refractivity (Wildman–Crippen MR) is 61.7 cm³/mol. The van der Waals surface area contributed by atoms with Crippen molar-refractivity contribution in [1.82, 2.24) is 5.32 Å². The second kappa shape index (κ2) is 4.38. The number of hydrogen-bond donors (Lipinski definition) is 2. The second-order valence-corrected chi connectivity index (χ2v) is 4.60. The van der Waals surface area contributed by atoms with Crippen LogP contribution in [0.15, 0.2) is 21.7 Å². The van der Waals surface area contributed by atoms with Crippen LogP contribution < -0.4 is 11.1 Å². The number of nitrogens with two attached hydrogens (primary N) is 1. The molecule has 4 heteroatoms. The number of furan rings is 1. The van der Waals surface area contributed by atoms with Gasteiger partial charge in [0.05, 0.1) is 6.26 Å². The molecule has 0 fully saturated rings. The van der Waals surface area contributed by atoms with Crippen LogP contribution in [0.2, 0.25) is 0 Å². The Bertz CT molecular complexity index is 347. The maximum Gasteiger partial charge on any atom is 0.189 e. The molecule has 0 saturated heterocycles. The molecule has 0 aliphatic carbocycles. The number of aryl methyl sites for hydroxylation is 1. The van der Waals surface area contributed by atoms with Crippen LogP contribution in [0.1, 0.15) is 32.1 Å². The second-order valence-electron chi connectivity index (χ2n) is 4.60. The Morgan fingerprint density at radius 2 is 2.20 bits per heavy atom. The van der Waals surface area contributed by atoms with Crippen LogP contribution in [0, 0.1) is 6.92 Å². The molecule has 0 aliphatic rings. The lowest BCUT2D eigenvalue weighted by atomic mass is 10.1. The zero-order chi connectivity index (χ0) is 11.5. The van der Waals surface area contributed by atoms with Crippen LogP contribution in [-0.2, 0) is 6.54 Å². The molecule has 1 aromatic heterocycles. The molecular weight excluding hydrogens is 190 g/mol. The molecule has 0 atom stereocenters. The highest BCUT2D eigenvalue weighted by Gasteiger charge is 2.09. The molecule has 4 nitrogen and oxygen atoms in total. The SMILES string of the molecule is Cc1ccoc1CN=C(N)NC(C)(C)C. The maximum atomic E-state index is 5.72. The van der Waals surface area contributed by atoms with Gasteiger partial charge in [-0.05, 0) is 39.3 Å². The van der Waals surface area contributed by atoms with Crippen molar-refractivity contribution >= 4 is 5.96 Å². The fraction of sp³-hybridized carbons (Fsp3) is 0.545. The molecule has 0 amide bonds.